The summed E-state index contributed by atoms with van der Waals surface area (Å²) in [5, 5.41) is 0. The number of rotatable bonds is 7. The van der Waals surface area contributed by atoms with Gasteiger partial charge in [0.2, 0.25) is 0 Å². The molecule has 0 aromatic carbocycles. The van der Waals surface area contributed by atoms with Crippen LogP contribution in [-0.2, 0) is 6.42 Å². The zero-order chi connectivity index (χ0) is 14.5. The first-order chi connectivity index (χ1) is 9.63. The van der Waals surface area contributed by atoms with Crippen LogP contribution in [0.25, 0.3) is 11.2 Å². The summed E-state index contributed by atoms with van der Waals surface area (Å²) >= 11 is 0. The topological polar surface area (TPSA) is 120 Å². The van der Waals surface area contributed by atoms with E-state index in [1.54, 1.807) is 0 Å². The maximum absolute atomic E-state index is 11.6. The van der Waals surface area contributed by atoms with Gasteiger partial charge < -0.3 is 10.7 Å². The molecule has 0 aliphatic carbocycles. The van der Waals surface area contributed by atoms with E-state index in [0.29, 0.717) is 23.6 Å². The molecule has 0 radical (unpaired) electrons. The van der Waals surface area contributed by atoms with E-state index in [-0.39, 0.29) is 0 Å². The highest BCUT2D eigenvalue weighted by molar-refractivity contribution is 5.68. The van der Waals surface area contributed by atoms with Crippen LogP contribution in [0, 0.1) is 5.92 Å². The number of imidazole rings is 1. The number of nitrogens with zero attached hydrogens (tertiary/aromatic N) is 1. The minimum Gasteiger partial charge on any atom is -0.336 e. The molecule has 7 nitrogen and oxygen atoms in total. The third kappa shape index (κ3) is 3.36. The molecule has 1 unspecified atom stereocenters. The van der Waals surface area contributed by atoms with Crippen molar-refractivity contribution in [1.29, 1.82) is 0 Å². The fraction of sp³-hybridized carbons (Fsp3) is 0.615. The van der Waals surface area contributed by atoms with E-state index in [1.807, 2.05) is 0 Å². The molecule has 1 atom stereocenters. The molecule has 0 aliphatic heterocycles. The number of aromatic nitrogens is 4. The zero-order valence-electron chi connectivity index (χ0n) is 11.7. The smallest absolute Gasteiger partial charge is 0.327 e. The van der Waals surface area contributed by atoms with Crippen molar-refractivity contribution in [3.05, 3.63) is 26.7 Å². The maximum atomic E-state index is 11.6. The first kappa shape index (κ1) is 14.5. The number of nitrogens with one attached hydrogen (secondary N) is 3. The number of aromatic amines is 3. The summed E-state index contributed by atoms with van der Waals surface area (Å²) in [5.41, 5.74) is 5.29. The second kappa shape index (κ2) is 6.51. The fourth-order valence-corrected chi connectivity index (χ4v) is 2.52. The molecule has 2 aromatic heterocycles. The highest BCUT2D eigenvalue weighted by Crippen LogP contribution is 2.17. The van der Waals surface area contributed by atoms with E-state index in [0.717, 1.165) is 37.9 Å². The van der Waals surface area contributed by atoms with Gasteiger partial charge in [-0.1, -0.05) is 19.8 Å². The average molecular weight is 279 g/mol. The van der Waals surface area contributed by atoms with Crippen LogP contribution in [0.4, 0.5) is 0 Å². The van der Waals surface area contributed by atoms with Crippen LogP contribution in [0.3, 0.4) is 0 Å². The van der Waals surface area contributed by atoms with Crippen molar-refractivity contribution in [3.8, 4) is 0 Å². The van der Waals surface area contributed by atoms with E-state index in [4.69, 9.17) is 5.73 Å². The number of fused-ring (bicyclic) bond motifs is 1. The lowest BCUT2D eigenvalue weighted by molar-refractivity contribution is 0.418. The van der Waals surface area contributed by atoms with E-state index in [2.05, 4.69) is 26.9 Å². The normalized spacial score (nSPS) is 12.9. The molecule has 0 aliphatic rings. The van der Waals surface area contributed by atoms with Gasteiger partial charge in [-0.25, -0.2) is 9.78 Å². The van der Waals surface area contributed by atoms with Gasteiger partial charge in [-0.05, 0) is 25.3 Å². The molecule has 2 rings (SSSR count). The molecule has 5 N–H and O–H groups in total. The standard InChI is InChI=1S/C13H21N5O2/c1-2-3-8(6-7-14)4-5-9-15-10-11(16-9)17-13(20)18-12(10)19/h8H,2-7,14H2,1H3,(H3,15,16,17,18,19,20). The lowest BCUT2D eigenvalue weighted by atomic mass is 9.94. The predicted octanol–water partition coefficient (Wildman–Crippen LogP) is 0.637. The molecule has 0 fully saturated rings. The molecule has 20 heavy (non-hydrogen) atoms. The van der Waals surface area contributed by atoms with Gasteiger partial charge in [-0.15, -0.1) is 0 Å². The molecule has 2 aromatic rings. The second-order valence-corrected chi connectivity index (χ2v) is 5.09. The summed E-state index contributed by atoms with van der Waals surface area (Å²) in [7, 11) is 0. The van der Waals surface area contributed by atoms with Gasteiger partial charge >= 0.3 is 5.69 Å². The molecule has 0 bridgehead atoms. The van der Waals surface area contributed by atoms with Crippen LogP contribution in [0.5, 0.6) is 0 Å². The van der Waals surface area contributed by atoms with Crippen LogP contribution in [-0.4, -0.2) is 26.5 Å². The van der Waals surface area contributed by atoms with Crippen molar-refractivity contribution < 1.29 is 0 Å². The molecule has 0 saturated carbocycles. The second-order valence-electron chi connectivity index (χ2n) is 5.09. The quantitative estimate of drug-likeness (QED) is 0.594. The molecular weight excluding hydrogens is 258 g/mol. The predicted molar refractivity (Wildman–Crippen MR) is 77.7 cm³/mol. The van der Waals surface area contributed by atoms with Gasteiger partial charge in [0.15, 0.2) is 5.65 Å². The van der Waals surface area contributed by atoms with Gasteiger partial charge in [0, 0.05) is 6.42 Å². The summed E-state index contributed by atoms with van der Waals surface area (Å²) in [4.78, 5) is 34.7. The summed E-state index contributed by atoms with van der Waals surface area (Å²) in [6, 6.07) is 0. The van der Waals surface area contributed by atoms with Crippen molar-refractivity contribution in [2.24, 2.45) is 11.7 Å². The summed E-state index contributed by atoms with van der Waals surface area (Å²) in [5.74, 6) is 1.31. The number of nitrogens with two attached hydrogens (primary N) is 1. The first-order valence-corrected chi connectivity index (χ1v) is 7.05. The van der Waals surface area contributed by atoms with Crippen molar-refractivity contribution in [3.63, 3.8) is 0 Å². The number of aryl methyl sites for hydroxylation is 1. The van der Waals surface area contributed by atoms with E-state index in [9.17, 15) is 9.59 Å². The Balaban J connectivity index is 2.12. The van der Waals surface area contributed by atoms with Crippen LogP contribution in [0.2, 0.25) is 0 Å². The Labute approximate surface area is 116 Å². The van der Waals surface area contributed by atoms with Crippen molar-refractivity contribution in [2.45, 2.75) is 39.0 Å². The Morgan fingerprint density at radius 1 is 1.15 bits per heavy atom. The Bertz CT molecular complexity index is 663. The van der Waals surface area contributed by atoms with Gasteiger partial charge in [-0.2, -0.15) is 0 Å². The molecule has 0 amide bonds. The van der Waals surface area contributed by atoms with Gasteiger partial charge in [0.25, 0.3) is 5.56 Å². The van der Waals surface area contributed by atoms with E-state index >= 15 is 0 Å². The van der Waals surface area contributed by atoms with Crippen LogP contribution in [0.1, 0.15) is 38.4 Å². The Hall–Kier alpha value is -1.89. The van der Waals surface area contributed by atoms with E-state index in [1.165, 1.54) is 0 Å². The first-order valence-electron chi connectivity index (χ1n) is 7.05. The summed E-state index contributed by atoms with van der Waals surface area (Å²) in [6.45, 7) is 2.85. The van der Waals surface area contributed by atoms with Gasteiger partial charge in [0.1, 0.15) is 11.3 Å². The average Bonchev–Trinajstić information content (AvgIpc) is 2.79. The largest absolute Gasteiger partial charge is 0.336 e. The highest BCUT2D eigenvalue weighted by Gasteiger charge is 2.11. The minimum absolute atomic E-state index is 0.319. The van der Waals surface area contributed by atoms with E-state index < -0.39 is 11.2 Å². The molecular formula is C13H21N5O2. The van der Waals surface area contributed by atoms with Crippen LogP contribution >= 0.6 is 0 Å². The van der Waals surface area contributed by atoms with Gasteiger partial charge in [0.05, 0.1) is 0 Å². The third-order valence-electron chi connectivity index (χ3n) is 3.50. The molecule has 2 heterocycles. The van der Waals surface area contributed by atoms with Crippen LogP contribution < -0.4 is 17.0 Å². The lowest BCUT2D eigenvalue weighted by Crippen LogP contribution is -2.21. The maximum Gasteiger partial charge on any atom is 0.327 e. The Morgan fingerprint density at radius 2 is 1.95 bits per heavy atom. The molecule has 0 spiro atoms. The SMILES string of the molecule is CCCC(CCN)CCc1nc2[nH]c(=O)[nH]c(=O)c2[nH]1. The molecule has 110 valence electrons. The fourth-order valence-electron chi connectivity index (χ4n) is 2.52. The molecule has 7 heteroatoms. The van der Waals surface area contributed by atoms with Crippen molar-refractivity contribution >= 4 is 11.2 Å². The van der Waals surface area contributed by atoms with Crippen molar-refractivity contribution in [2.75, 3.05) is 6.54 Å². The monoisotopic (exact) mass is 279 g/mol. The molecule has 0 saturated heterocycles. The Kier molecular flexibility index (Phi) is 4.73. The highest BCUT2D eigenvalue weighted by atomic mass is 16.2. The minimum atomic E-state index is -0.535. The van der Waals surface area contributed by atoms with Crippen molar-refractivity contribution in [1.82, 2.24) is 19.9 Å². The number of H-pyrrole nitrogens is 3. The zero-order valence-corrected chi connectivity index (χ0v) is 11.7. The summed E-state index contributed by atoms with van der Waals surface area (Å²) in [6.07, 6.45) is 5.02. The van der Waals surface area contributed by atoms with Crippen LogP contribution in [0.15, 0.2) is 9.59 Å². The Morgan fingerprint density at radius 3 is 2.65 bits per heavy atom. The third-order valence-corrected chi connectivity index (χ3v) is 3.50. The number of hydrogen-bond acceptors (Lipinski definition) is 4. The lowest BCUT2D eigenvalue weighted by Gasteiger charge is -2.13. The number of hydrogen-bond donors (Lipinski definition) is 4. The van der Waals surface area contributed by atoms with Gasteiger partial charge in [-0.3, -0.25) is 14.8 Å². The summed E-state index contributed by atoms with van der Waals surface area (Å²) < 4.78 is 0.